The zero-order chi connectivity index (χ0) is 10.2. The Hall–Kier alpha value is -1.06. The first-order valence-electron chi connectivity index (χ1n) is 2.77. The van der Waals surface area contributed by atoms with Gasteiger partial charge >= 0.3 is 0 Å². The van der Waals surface area contributed by atoms with Crippen LogP contribution in [-0.4, -0.2) is 32.4 Å². The first-order chi connectivity index (χ1) is 5.29. The van der Waals surface area contributed by atoms with Crippen molar-refractivity contribution >= 4 is 16.1 Å². The predicted molar refractivity (Wildman–Crippen MR) is 42.9 cm³/mol. The molecule has 0 bridgehead atoms. The van der Waals surface area contributed by atoms with Crippen molar-refractivity contribution in [2.75, 3.05) is 12.9 Å². The van der Waals surface area contributed by atoms with Gasteiger partial charge in [-0.1, -0.05) is 5.92 Å². The SMILES string of the molecule is C#CCOS(C)(=O)=O.CC(=O)O. The average molecular weight is 194 g/mol. The zero-order valence-electron chi connectivity index (χ0n) is 6.77. The molecule has 6 heteroatoms. The van der Waals surface area contributed by atoms with Gasteiger partial charge in [-0.2, -0.15) is 8.42 Å². The number of carboxylic acid groups (broad SMARTS) is 1. The van der Waals surface area contributed by atoms with Crippen molar-refractivity contribution in [3.8, 4) is 12.3 Å². The molecule has 70 valence electrons. The molecule has 0 spiro atoms. The van der Waals surface area contributed by atoms with Gasteiger partial charge in [0.15, 0.2) is 0 Å². The first-order valence-corrected chi connectivity index (χ1v) is 4.58. The Kier molecular flexibility index (Phi) is 7.48. The summed E-state index contributed by atoms with van der Waals surface area (Å²) < 4.78 is 24.3. The topological polar surface area (TPSA) is 80.7 Å². The number of hydrogen-bond donors (Lipinski definition) is 1. The van der Waals surface area contributed by atoms with Crippen molar-refractivity contribution in [3.05, 3.63) is 0 Å². The van der Waals surface area contributed by atoms with E-state index in [4.69, 9.17) is 16.3 Å². The predicted octanol–water partition coefficient (Wildman–Crippen LogP) is -0.313. The van der Waals surface area contributed by atoms with Crippen LogP contribution in [-0.2, 0) is 19.1 Å². The number of terminal acetylenes is 1. The maximum Gasteiger partial charge on any atom is 0.300 e. The molecule has 0 rings (SSSR count). The summed E-state index contributed by atoms with van der Waals surface area (Å²) in [4.78, 5) is 9.00. The monoisotopic (exact) mass is 194 g/mol. The van der Waals surface area contributed by atoms with E-state index in [-0.39, 0.29) is 6.61 Å². The standard InChI is InChI=1S/C4H6O3S.C2H4O2/c1-3-4-7-8(2,5)6;1-2(3)4/h1H,4H2,2H3;1H3,(H,3,4). The fraction of sp³-hybridized carbons (Fsp3) is 0.500. The zero-order valence-corrected chi connectivity index (χ0v) is 7.59. The third-order valence-corrected chi connectivity index (χ3v) is 0.902. The van der Waals surface area contributed by atoms with Crippen molar-refractivity contribution in [2.45, 2.75) is 6.92 Å². The van der Waals surface area contributed by atoms with Crippen LogP contribution in [0.5, 0.6) is 0 Å². The largest absolute Gasteiger partial charge is 0.481 e. The Morgan fingerprint density at radius 3 is 2.08 bits per heavy atom. The lowest BCUT2D eigenvalue weighted by molar-refractivity contribution is -0.134. The summed E-state index contributed by atoms with van der Waals surface area (Å²) >= 11 is 0. The molecule has 0 heterocycles. The van der Waals surface area contributed by atoms with Crippen LogP contribution in [0.25, 0.3) is 0 Å². The lowest BCUT2D eigenvalue weighted by Crippen LogP contribution is -2.01. The van der Waals surface area contributed by atoms with Gasteiger partial charge in [-0.05, 0) is 0 Å². The highest BCUT2D eigenvalue weighted by molar-refractivity contribution is 7.85. The molecular formula is C6H10O5S. The maximum atomic E-state index is 10.1. The molecule has 0 aliphatic carbocycles. The van der Waals surface area contributed by atoms with Crippen LogP contribution in [0.4, 0.5) is 0 Å². The molecule has 0 aromatic carbocycles. The lowest BCUT2D eigenvalue weighted by Gasteiger charge is -1.90. The smallest absolute Gasteiger partial charge is 0.300 e. The highest BCUT2D eigenvalue weighted by Crippen LogP contribution is 1.82. The molecule has 0 saturated carbocycles. The van der Waals surface area contributed by atoms with E-state index in [1.54, 1.807) is 0 Å². The Morgan fingerprint density at radius 2 is 2.00 bits per heavy atom. The van der Waals surface area contributed by atoms with Crippen molar-refractivity contribution in [2.24, 2.45) is 0 Å². The first kappa shape index (κ1) is 13.5. The van der Waals surface area contributed by atoms with E-state index < -0.39 is 16.1 Å². The van der Waals surface area contributed by atoms with Gasteiger partial charge in [-0.15, -0.1) is 6.42 Å². The molecule has 0 aliphatic rings. The van der Waals surface area contributed by atoms with Gasteiger partial charge in [0.05, 0.1) is 6.26 Å². The maximum absolute atomic E-state index is 10.1. The molecule has 5 nitrogen and oxygen atoms in total. The van der Waals surface area contributed by atoms with Crippen molar-refractivity contribution in [1.29, 1.82) is 0 Å². The summed E-state index contributed by atoms with van der Waals surface area (Å²) in [5, 5.41) is 7.42. The molecular weight excluding hydrogens is 184 g/mol. The number of carboxylic acids is 1. The molecule has 0 aromatic heterocycles. The summed E-state index contributed by atoms with van der Waals surface area (Å²) in [5.74, 6) is 1.19. The van der Waals surface area contributed by atoms with Crippen LogP contribution in [0, 0.1) is 12.3 Å². The molecule has 12 heavy (non-hydrogen) atoms. The molecule has 0 atom stereocenters. The molecule has 0 aromatic rings. The second-order valence-corrected chi connectivity index (χ2v) is 3.33. The van der Waals surface area contributed by atoms with Crippen molar-refractivity contribution in [1.82, 2.24) is 0 Å². The van der Waals surface area contributed by atoms with Crippen molar-refractivity contribution < 1.29 is 22.5 Å². The Bertz CT molecular complexity index is 254. The van der Waals surface area contributed by atoms with Crippen molar-refractivity contribution in [3.63, 3.8) is 0 Å². The van der Waals surface area contributed by atoms with Gasteiger partial charge in [0.25, 0.3) is 16.1 Å². The average Bonchev–Trinajstić information content (AvgIpc) is 1.80. The third-order valence-electron chi connectivity index (χ3n) is 0.356. The quantitative estimate of drug-likeness (QED) is 0.481. The Labute approximate surface area is 71.5 Å². The van der Waals surface area contributed by atoms with Crippen LogP contribution in [0.3, 0.4) is 0 Å². The van der Waals surface area contributed by atoms with Crippen LogP contribution in [0.1, 0.15) is 6.92 Å². The fourth-order valence-electron chi connectivity index (χ4n) is 0.141. The number of hydrogen-bond acceptors (Lipinski definition) is 4. The highest BCUT2D eigenvalue weighted by atomic mass is 32.2. The minimum Gasteiger partial charge on any atom is -0.481 e. The van der Waals surface area contributed by atoms with Gasteiger partial charge in [0.2, 0.25) is 0 Å². The molecule has 0 unspecified atom stereocenters. The summed E-state index contributed by atoms with van der Waals surface area (Å²) in [6.07, 6.45) is 5.64. The normalized spacial score (nSPS) is 9.08. The second kappa shape index (κ2) is 6.64. The van der Waals surface area contributed by atoms with Gasteiger partial charge < -0.3 is 5.11 Å². The van der Waals surface area contributed by atoms with E-state index in [9.17, 15) is 8.42 Å². The Balaban J connectivity index is 0. The van der Waals surface area contributed by atoms with E-state index in [2.05, 4.69) is 4.18 Å². The van der Waals surface area contributed by atoms with Crippen LogP contribution in [0.2, 0.25) is 0 Å². The van der Waals surface area contributed by atoms with E-state index in [1.807, 2.05) is 5.92 Å². The summed E-state index contributed by atoms with van der Waals surface area (Å²) in [5.41, 5.74) is 0. The van der Waals surface area contributed by atoms with E-state index in [0.717, 1.165) is 13.2 Å². The minimum atomic E-state index is -3.33. The minimum absolute atomic E-state index is 0.182. The molecule has 0 radical (unpaired) electrons. The summed E-state index contributed by atoms with van der Waals surface area (Å²) in [7, 11) is -3.33. The number of aliphatic carboxylic acids is 1. The number of rotatable bonds is 2. The fourth-order valence-corrected chi connectivity index (χ4v) is 0.423. The molecule has 0 aliphatic heterocycles. The van der Waals surface area contributed by atoms with E-state index in [0.29, 0.717) is 0 Å². The van der Waals surface area contributed by atoms with Gasteiger partial charge in [-0.25, -0.2) is 0 Å². The number of carbonyl (C=O) groups is 1. The molecule has 0 saturated heterocycles. The summed E-state index contributed by atoms with van der Waals surface area (Å²) in [6.45, 7) is 0.902. The third kappa shape index (κ3) is 36.3. The van der Waals surface area contributed by atoms with Gasteiger partial charge in [-0.3, -0.25) is 8.98 Å². The van der Waals surface area contributed by atoms with Crippen LogP contribution >= 0.6 is 0 Å². The van der Waals surface area contributed by atoms with Crippen LogP contribution in [0.15, 0.2) is 0 Å². The lowest BCUT2D eigenvalue weighted by atomic mass is 10.8. The molecule has 0 fully saturated rings. The molecule has 1 N–H and O–H groups in total. The second-order valence-electron chi connectivity index (χ2n) is 1.69. The molecule has 0 amide bonds. The van der Waals surface area contributed by atoms with E-state index >= 15 is 0 Å². The van der Waals surface area contributed by atoms with Crippen LogP contribution < -0.4 is 0 Å². The Morgan fingerprint density at radius 1 is 1.67 bits per heavy atom. The van der Waals surface area contributed by atoms with Gasteiger partial charge in [0.1, 0.15) is 6.61 Å². The highest BCUT2D eigenvalue weighted by Gasteiger charge is 1.96. The summed E-state index contributed by atoms with van der Waals surface area (Å²) in [6, 6.07) is 0. The van der Waals surface area contributed by atoms with Gasteiger partial charge in [0, 0.05) is 6.92 Å². The van der Waals surface area contributed by atoms with E-state index in [1.165, 1.54) is 0 Å².